The number of fused-ring (bicyclic) bond motifs is 1. The van der Waals surface area contributed by atoms with Gasteiger partial charge in [0.1, 0.15) is 17.3 Å². The van der Waals surface area contributed by atoms with Crippen LogP contribution < -0.4 is 10.2 Å². The summed E-state index contributed by atoms with van der Waals surface area (Å²) in [5.41, 5.74) is -0.0676. The zero-order chi connectivity index (χ0) is 21.2. The summed E-state index contributed by atoms with van der Waals surface area (Å²) in [6.07, 6.45) is -2.84. The van der Waals surface area contributed by atoms with Gasteiger partial charge in [0.05, 0.1) is 23.9 Å². The Labute approximate surface area is 171 Å². The van der Waals surface area contributed by atoms with Gasteiger partial charge in [0.2, 0.25) is 0 Å². The van der Waals surface area contributed by atoms with E-state index in [4.69, 9.17) is 16.3 Å². The fourth-order valence-electron chi connectivity index (χ4n) is 3.45. The van der Waals surface area contributed by atoms with E-state index in [1.165, 1.54) is 23.4 Å². The topological polar surface area (TPSA) is 67.3 Å². The fourth-order valence-corrected chi connectivity index (χ4v) is 3.59. The van der Waals surface area contributed by atoms with E-state index in [0.717, 1.165) is 12.1 Å². The van der Waals surface area contributed by atoms with Crippen molar-refractivity contribution in [3.8, 4) is 0 Å². The fraction of sp³-hybridized carbons (Fsp3) is 0.421. The van der Waals surface area contributed by atoms with Crippen LogP contribution in [0.3, 0.4) is 0 Å². The predicted octanol–water partition coefficient (Wildman–Crippen LogP) is 5.45. The van der Waals surface area contributed by atoms with Crippen LogP contribution in [0, 0.1) is 0 Å². The first-order valence-electron chi connectivity index (χ1n) is 9.15. The number of anilines is 2. The summed E-state index contributed by atoms with van der Waals surface area (Å²) in [7, 11) is 0. The molecule has 1 aromatic carbocycles. The Morgan fingerprint density at radius 1 is 1.31 bits per heavy atom. The Morgan fingerprint density at radius 2 is 2.07 bits per heavy atom. The van der Waals surface area contributed by atoms with Crippen LogP contribution in [0.2, 0.25) is 5.15 Å². The quantitative estimate of drug-likeness (QED) is 0.656. The molecule has 0 radical (unpaired) electrons. The first kappa shape index (κ1) is 21.2. The summed E-state index contributed by atoms with van der Waals surface area (Å²) >= 11 is 5.89. The number of nitrogens with zero attached hydrogens (tertiary/aromatic N) is 3. The molecule has 1 N–H and O–H groups in total. The van der Waals surface area contributed by atoms with Gasteiger partial charge < -0.3 is 10.1 Å². The molecule has 2 aromatic rings. The van der Waals surface area contributed by atoms with Gasteiger partial charge in [-0.25, -0.2) is 14.8 Å². The number of benzene rings is 1. The molecule has 1 amide bonds. The van der Waals surface area contributed by atoms with Gasteiger partial charge in [-0.3, -0.25) is 4.90 Å². The minimum atomic E-state index is -4.51. The largest absolute Gasteiger partial charge is 0.449 e. The van der Waals surface area contributed by atoms with Crippen molar-refractivity contribution in [1.82, 2.24) is 9.97 Å². The number of hydrogen-bond donors (Lipinski definition) is 1. The van der Waals surface area contributed by atoms with E-state index in [0.29, 0.717) is 29.9 Å². The highest BCUT2D eigenvalue weighted by Crippen LogP contribution is 2.43. The molecule has 0 fully saturated rings. The number of amides is 1. The molecule has 0 aliphatic carbocycles. The molecule has 0 bridgehead atoms. The van der Waals surface area contributed by atoms with Gasteiger partial charge in [0.25, 0.3) is 0 Å². The normalized spacial score (nSPS) is 18.9. The maximum atomic E-state index is 13.3. The van der Waals surface area contributed by atoms with Crippen molar-refractivity contribution < 1.29 is 22.7 Å². The molecule has 2 heterocycles. The van der Waals surface area contributed by atoms with Crippen molar-refractivity contribution in [1.29, 1.82) is 0 Å². The van der Waals surface area contributed by atoms with E-state index in [2.05, 4.69) is 15.3 Å². The van der Waals surface area contributed by atoms with Gasteiger partial charge in [0.15, 0.2) is 0 Å². The molecule has 10 heteroatoms. The number of aromatic nitrogens is 2. The van der Waals surface area contributed by atoms with Crippen molar-refractivity contribution >= 4 is 29.2 Å². The van der Waals surface area contributed by atoms with Crippen molar-refractivity contribution in [2.75, 3.05) is 16.8 Å². The average Bonchev–Trinajstić information content (AvgIpc) is 2.66. The van der Waals surface area contributed by atoms with E-state index in [9.17, 15) is 18.0 Å². The van der Waals surface area contributed by atoms with Crippen LogP contribution >= 0.6 is 11.6 Å². The second kappa shape index (κ2) is 8.44. The summed E-state index contributed by atoms with van der Waals surface area (Å²) < 4.78 is 45.1. The number of rotatable bonds is 4. The lowest BCUT2D eigenvalue weighted by atomic mass is 9.88. The van der Waals surface area contributed by atoms with E-state index < -0.39 is 23.9 Å². The maximum absolute atomic E-state index is 13.3. The van der Waals surface area contributed by atoms with Gasteiger partial charge in [0, 0.05) is 12.1 Å². The highest BCUT2D eigenvalue weighted by Gasteiger charge is 2.39. The van der Waals surface area contributed by atoms with E-state index in [-0.39, 0.29) is 17.8 Å². The molecule has 29 heavy (non-hydrogen) atoms. The first-order chi connectivity index (χ1) is 13.7. The summed E-state index contributed by atoms with van der Waals surface area (Å²) in [5, 5.41) is 3.34. The molecule has 0 spiro atoms. The van der Waals surface area contributed by atoms with Crippen molar-refractivity contribution in [3.05, 3.63) is 46.9 Å². The number of ether oxygens (including phenoxy) is 1. The summed E-state index contributed by atoms with van der Waals surface area (Å²) in [4.78, 5) is 21.9. The molecule has 156 valence electrons. The van der Waals surface area contributed by atoms with Crippen LogP contribution in [0.5, 0.6) is 0 Å². The zero-order valence-corrected chi connectivity index (χ0v) is 16.6. The molecule has 0 saturated carbocycles. The first-order valence-corrected chi connectivity index (χ1v) is 9.53. The predicted molar refractivity (Wildman–Crippen MR) is 103 cm³/mol. The Kier molecular flexibility index (Phi) is 6.16. The number of nitrogens with one attached hydrogen (secondary N) is 1. The van der Waals surface area contributed by atoms with Crippen LogP contribution in [-0.4, -0.2) is 28.7 Å². The van der Waals surface area contributed by atoms with Crippen molar-refractivity contribution in [2.45, 2.75) is 44.9 Å². The Morgan fingerprint density at radius 3 is 2.69 bits per heavy atom. The van der Waals surface area contributed by atoms with Crippen LogP contribution in [-0.2, 0) is 10.9 Å². The number of halogens is 4. The third-order valence-electron chi connectivity index (χ3n) is 4.75. The summed E-state index contributed by atoms with van der Waals surface area (Å²) in [6.45, 7) is 3.76. The monoisotopic (exact) mass is 428 g/mol. The van der Waals surface area contributed by atoms with Crippen molar-refractivity contribution in [3.63, 3.8) is 0 Å². The smallest absolute Gasteiger partial charge is 0.416 e. The Balaban J connectivity index is 2.08. The van der Waals surface area contributed by atoms with Gasteiger partial charge in [-0.15, -0.1) is 0 Å². The lowest BCUT2D eigenvalue weighted by Gasteiger charge is -2.40. The standard InChI is InChI=1S/C19H20ClF3N4O2/c1-3-12-8-14(26-17-9-16(20)24-10-25-17)13-7-11(19(21,22)23)5-6-15(13)27(12)18(28)29-4-2/h5-7,9-10,12,14H,3-4,8H2,1-2H3,(H,24,25,26)/t12-,14+/m1/s1. The van der Waals surface area contributed by atoms with Crippen LogP contribution in [0.4, 0.5) is 29.5 Å². The molecule has 0 unspecified atom stereocenters. The van der Waals surface area contributed by atoms with Crippen LogP contribution in [0.15, 0.2) is 30.6 Å². The van der Waals surface area contributed by atoms with Crippen LogP contribution in [0.1, 0.15) is 43.9 Å². The molecule has 1 aromatic heterocycles. The molecular weight excluding hydrogens is 409 g/mol. The van der Waals surface area contributed by atoms with Gasteiger partial charge >= 0.3 is 12.3 Å². The minimum Gasteiger partial charge on any atom is -0.449 e. The zero-order valence-electron chi connectivity index (χ0n) is 15.8. The van der Waals surface area contributed by atoms with Gasteiger partial charge in [-0.2, -0.15) is 13.2 Å². The second-order valence-corrected chi connectivity index (χ2v) is 6.95. The lowest BCUT2D eigenvalue weighted by molar-refractivity contribution is -0.137. The third-order valence-corrected chi connectivity index (χ3v) is 4.96. The molecule has 2 atom stereocenters. The minimum absolute atomic E-state index is 0.169. The summed E-state index contributed by atoms with van der Waals surface area (Å²) in [6, 6.07) is 4.09. The number of carbonyl (C=O) groups is 1. The lowest BCUT2D eigenvalue weighted by Crippen LogP contribution is -2.46. The molecule has 1 aliphatic rings. The number of carbonyl (C=O) groups excluding carboxylic acids is 1. The van der Waals surface area contributed by atoms with E-state index in [1.807, 2.05) is 6.92 Å². The molecular formula is C19H20ClF3N4O2. The molecule has 6 nitrogen and oxygen atoms in total. The molecule has 1 aliphatic heterocycles. The Hall–Kier alpha value is -2.55. The van der Waals surface area contributed by atoms with Crippen LogP contribution in [0.25, 0.3) is 0 Å². The highest BCUT2D eigenvalue weighted by molar-refractivity contribution is 6.29. The second-order valence-electron chi connectivity index (χ2n) is 6.56. The van der Waals surface area contributed by atoms with Gasteiger partial charge in [-0.05, 0) is 43.5 Å². The molecule has 0 saturated heterocycles. The number of hydrogen-bond acceptors (Lipinski definition) is 5. The van der Waals surface area contributed by atoms with E-state index >= 15 is 0 Å². The van der Waals surface area contributed by atoms with E-state index in [1.54, 1.807) is 6.92 Å². The summed E-state index contributed by atoms with van der Waals surface area (Å²) in [5.74, 6) is 0.387. The van der Waals surface area contributed by atoms with Crippen molar-refractivity contribution in [2.24, 2.45) is 0 Å². The third kappa shape index (κ3) is 4.55. The number of alkyl halides is 3. The molecule has 3 rings (SSSR count). The van der Waals surface area contributed by atoms with Gasteiger partial charge in [-0.1, -0.05) is 18.5 Å². The highest BCUT2D eigenvalue weighted by atomic mass is 35.5. The SMILES string of the molecule is CCOC(=O)N1c2ccc(C(F)(F)F)cc2[C@@H](Nc2cc(Cl)ncn2)C[C@H]1CC. The maximum Gasteiger partial charge on any atom is 0.416 e. The average molecular weight is 429 g/mol. The Bertz CT molecular complexity index is 894.